The molecule has 4 nitrogen and oxygen atoms in total. The van der Waals surface area contributed by atoms with Gasteiger partial charge in [0.05, 0.1) is 6.10 Å². The van der Waals surface area contributed by atoms with Gasteiger partial charge in [0.1, 0.15) is 5.69 Å². The Labute approximate surface area is 147 Å². The summed E-state index contributed by atoms with van der Waals surface area (Å²) in [6.45, 7) is 2.94. The molecule has 1 aromatic heterocycles. The maximum absolute atomic E-state index is 12.6. The number of hydrogen-bond donors (Lipinski definition) is 2. The minimum atomic E-state index is -0.0416. The summed E-state index contributed by atoms with van der Waals surface area (Å²) >= 11 is 0. The highest BCUT2D eigenvalue weighted by atomic mass is 16.5. The molecule has 4 heteroatoms. The van der Waals surface area contributed by atoms with Crippen LogP contribution in [0.3, 0.4) is 0 Å². The fourth-order valence-electron chi connectivity index (χ4n) is 3.69. The van der Waals surface area contributed by atoms with Crippen molar-refractivity contribution >= 4 is 27.6 Å². The number of benzene rings is 2. The summed E-state index contributed by atoms with van der Waals surface area (Å²) in [6, 6.07) is 14.5. The van der Waals surface area contributed by atoms with E-state index in [1.807, 2.05) is 24.3 Å². The van der Waals surface area contributed by atoms with Gasteiger partial charge in [-0.25, -0.2) is 0 Å². The minimum absolute atomic E-state index is 0.0416. The van der Waals surface area contributed by atoms with E-state index in [0.29, 0.717) is 11.8 Å². The number of carbonyl (C=O) groups is 1. The summed E-state index contributed by atoms with van der Waals surface area (Å²) in [6.07, 6.45) is 4.64. The van der Waals surface area contributed by atoms with E-state index in [1.165, 1.54) is 10.8 Å². The van der Waals surface area contributed by atoms with Crippen molar-refractivity contribution in [2.75, 3.05) is 6.61 Å². The highest BCUT2D eigenvalue weighted by Crippen LogP contribution is 2.26. The number of rotatable bonds is 5. The quantitative estimate of drug-likeness (QED) is 0.725. The van der Waals surface area contributed by atoms with Crippen LogP contribution in [0.2, 0.25) is 0 Å². The molecular weight excluding hydrogens is 312 g/mol. The van der Waals surface area contributed by atoms with Gasteiger partial charge in [0, 0.05) is 23.6 Å². The molecule has 0 radical (unpaired) electrons. The molecule has 0 spiro atoms. The van der Waals surface area contributed by atoms with Crippen LogP contribution in [0.1, 0.15) is 43.1 Å². The Morgan fingerprint density at radius 1 is 1.28 bits per heavy atom. The molecule has 3 aromatic rings. The van der Waals surface area contributed by atoms with Crippen LogP contribution in [-0.4, -0.2) is 29.6 Å². The Morgan fingerprint density at radius 2 is 2.16 bits per heavy atom. The predicted octanol–water partition coefficient (Wildman–Crippen LogP) is 4.40. The zero-order chi connectivity index (χ0) is 17.2. The second-order valence-corrected chi connectivity index (χ2v) is 7.02. The number of carbonyl (C=O) groups excluding carboxylic acids is 1. The Hall–Kier alpha value is -2.33. The Balaban J connectivity index is 1.47. The van der Waals surface area contributed by atoms with E-state index in [1.54, 1.807) is 0 Å². The number of fused-ring (bicyclic) bond motifs is 3. The average molecular weight is 336 g/mol. The zero-order valence-electron chi connectivity index (χ0n) is 14.5. The molecule has 0 unspecified atom stereocenters. The summed E-state index contributed by atoms with van der Waals surface area (Å²) in [5.41, 5.74) is 1.62. The summed E-state index contributed by atoms with van der Waals surface area (Å²) in [4.78, 5) is 15.8. The standard InChI is InChI=1S/C21H24N2O2/c1-14(8-10-16-6-4-12-25-16)22-21(24)20-13-18-17-7-3-2-5-15(17)9-11-19(18)23-20/h2-3,5,7,9,11,13-14,16,23H,4,6,8,10,12H2,1H3,(H,22,24)/t14-,16-/m0/s1. The zero-order valence-corrected chi connectivity index (χ0v) is 14.5. The largest absolute Gasteiger partial charge is 0.378 e. The van der Waals surface area contributed by atoms with Gasteiger partial charge >= 0.3 is 0 Å². The molecule has 2 heterocycles. The van der Waals surface area contributed by atoms with Gasteiger partial charge in [-0.05, 0) is 55.5 Å². The third-order valence-corrected chi connectivity index (χ3v) is 5.10. The number of ether oxygens (including phenoxy) is 1. The van der Waals surface area contributed by atoms with E-state index in [0.717, 1.165) is 43.2 Å². The fourth-order valence-corrected chi connectivity index (χ4v) is 3.69. The van der Waals surface area contributed by atoms with Crippen molar-refractivity contribution in [2.24, 2.45) is 0 Å². The van der Waals surface area contributed by atoms with E-state index in [-0.39, 0.29) is 11.9 Å². The lowest BCUT2D eigenvalue weighted by atomic mass is 10.1. The molecule has 1 aliphatic heterocycles. The summed E-state index contributed by atoms with van der Waals surface area (Å²) in [5, 5.41) is 6.55. The van der Waals surface area contributed by atoms with Crippen LogP contribution in [0.15, 0.2) is 42.5 Å². The topological polar surface area (TPSA) is 54.1 Å². The first-order valence-corrected chi connectivity index (χ1v) is 9.13. The maximum Gasteiger partial charge on any atom is 0.267 e. The molecular formula is C21H24N2O2. The van der Waals surface area contributed by atoms with Crippen LogP contribution < -0.4 is 5.32 Å². The van der Waals surface area contributed by atoms with Gasteiger partial charge in [-0.2, -0.15) is 0 Å². The van der Waals surface area contributed by atoms with Crippen LogP contribution in [0, 0.1) is 0 Å². The number of aromatic nitrogens is 1. The lowest BCUT2D eigenvalue weighted by Gasteiger charge is -2.15. The Bertz CT molecular complexity index is 893. The van der Waals surface area contributed by atoms with Gasteiger partial charge in [-0.15, -0.1) is 0 Å². The van der Waals surface area contributed by atoms with Crippen LogP contribution in [0.5, 0.6) is 0 Å². The molecule has 130 valence electrons. The number of aromatic amines is 1. The highest BCUT2D eigenvalue weighted by molar-refractivity contribution is 6.09. The Morgan fingerprint density at radius 3 is 3.00 bits per heavy atom. The van der Waals surface area contributed by atoms with Crippen LogP contribution in [-0.2, 0) is 4.74 Å². The van der Waals surface area contributed by atoms with Gasteiger partial charge in [0.2, 0.25) is 0 Å². The van der Waals surface area contributed by atoms with Gasteiger partial charge in [-0.1, -0.05) is 30.3 Å². The van der Waals surface area contributed by atoms with E-state index in [4.69, 9.17) is 4.74 Å². The summed E-state index contributed by atoms with van der Waals surface area (Å²) in [5.74, 6) is -0.0416. The van der Waals surface area contributed by atoms with Gasteiger partial charge < -0.3 is 15.0 Å². The van der Waals surface area contributed by atoms with Crippen molar-refractivity contribution in [3.63, 3.8) is 0 Å². The summed E-state index contributed by atoms with van der Waals surface area (Å²) < 4.78 is 5.65. The van der Waals surface area contributed by atoms with Crippen molar-refractivity contribution < 1.29 is 9.53 Å². The van der Waals surface area contributed by atoms with E-state index < -0.39 is 0 Å². The molecule has 2 atom stereocenters. The molecule has 0 aliphatic carbocycles. The molecule has 1 aliphatic rings. The van der Waals surface area contributed by atoms with Crippen molar-refractivity contribution in [3.8, 4) is 0 Å². The second kappa shape index (κ2) is 6.89. The van der Waals surface area contributed by atoms with Crippen molar-refractivity contribution in [1.29, 1.82) is 0 Å². The van der Waals surface area contributed by atoms with Crippen molar-refractivity contribution in [2.45, 2.75) is 44.8 Å². The molecule has 1 amide bonds. The first-order chi connectivity index (χ1) is 12.2. The van der Waals surface area contributed by atoms with Crippen LogP contribution in [0.4, 0.5) is 0 Å². The van der Waals surface area contributed by atoms with E-state index >= 15 is 0 Å². The molecule has 4 rings (SSSR count). The van der Waals surface area contributed by atoms with Crippen LogP contribution >= 0.6 is 0 Å². The summed E-state index contributed by atoms with van der Waals surface area (Å²) in [7, 11) is 0. The normalized spacial score (nSPS) is 18.7. The third kappa shape index (κ3) is 3.40. The first kappa shape index (κ1) is 16.2. The first-order valence-electron chi connectivity index (χ1n) is 9.13. The third-order valence-electron chi connectivity index (χ3n) is 5.10. The molecule has 1 fully saturated rings. The number of H-pyrrole nitrogens is 1. The number of nitrogens with one attached hydrogen (secondary N) is 2. The number of hydrogen-bond acceptors (Lipinski definition) is 2. The molecule has 2 N–H and O–H groups in total. The average Bonchev–Trinajstić information content (AvgIpc) is 3.29. The lowest BCUT2D eigenvalue weighted by Crippen LogP contribution is -2.33. The fraction of sp³-hybridized carbons (Fsp3) is 0.381. The monoisotopic (exact) mass is 336 g/mol. The molecule has 25 heavy (non-hydrogen) atoms. The molecule has 0 saturated carbocycles. The lowest BCUT2D eigenvalue weighted by molar-refractivity contribution is 0.0896. The van der Waals surface area contributed by atoms with Gasteiger partial charge in [0.25, 0.3) is 5.91 Å². The number of amides is 1. The van der Waals surface area contributed by atoms with Gasteiger partial charge in [0.15, 0.2) is 0 Å². The smallest absolute Gasteiger partial charge is 0.267 e. The highest BCUT2D eigenvalue weighted by Gasteiger charge is 2.18. The molecule has 1 saturated heterocycles. The molecule has 2 aromatic carbocycles. The Kier molecular flexibility index (Phi) is 4.45. The predicted molar refractivity (Wildman–Crippen MR) is 101 cm³/mol. The maximum atomic E-state index is 12.6. The van der Waals surface area contributed by atoms with Gasteiger partial charge in [-0.3, -0.25) is 4.79 Å². The molecule has 0 bridgehead atoms. The van der Waals surface area contributed by atoms with E-state index in [9.17, 15) is 4.79 Å². The minimum Gasteiger partial charge on any atom is -0.378 e. The van der Waals surface area contributed by atoms with Crippen molar-refractivity contribution in [1.82, 2.24) is 10.3 Å². The van der Waals surface area contributed by atoms with Crippen molar-refractivity contribution in [3.05, 3.63) is 48.2 Å². The van der Waals surface area contributed by atoms with Crippen LogP contribution in [0.25, 0.3) is 21.7 Å². The van der Waals surface area contributed by atoms with E-state index in [2.05, 4.69) is 35.4 Å². The SMILES string of the molecule is C[C@@H](CC[C@@H]1CCCO1)NC(=O)c1cc2c(ccc3ccccc32)[nH]1. The second-order valence-electron chi connectivity index (χ2n) is 7.02.